The second-order valence-corrected chi connectivity index (χ2v) is 4.89. The third-order valence-corrected chi connectivity index (χ3v) is 3.36. The molecule has 0 radical (unpaired) electrons. The van der Waals surface area contributed by atoms with Gasteiger partial charge in [-0.15, -0.1) is 0 Å². The van der Waals surface area contributed by atoms with Crippen LogP contribution < -0.4 is 10.4 Å². The Bertz CT molecular complexity index is 752. The lowest BCUT2D eigenvalue weighted by Crippen LogP contribution is -2.24. The first-order valence-corrected chi connectivity index (χ1v) is 7.16. The zero-order chi connectivity index (χ0) is 16.1. The molecule has 3 aromatic carbocycles. The largest absolute Gasteiger partial charge is 0.294 e. The summed E-state index contributed by atoms with van der Waals surface area (Å²) in [5, 5.41) is 13.0. The van der Waals surface area contributed by atoms with E-state index in [-0.39, 0.29) is 5.69 Å². The molecular weight excluding hydrogens is 290 g/mol. The smallest absolute Gasteiger partial charge is 0.287 e. The molecule has 0 spiro atoms. The van der Waals surface area contributed by atoms with E-state index >= 15 is 0 Å². The molecule has 0 bridgehead atoms. The van der Waals surface area contributed by atoms with Gasteiger partial charge in [0.25, 0.3) is 5.69 Å². The van der Waals surface area contributed by atoms with E-state index in [0.717, 1.165) is 11.4 Å². The summed E-state index contributed by atoms with van der Waals surface area (Å²) in [6.45, 7) is 0. The zero-order valence-corrected chi connectivity index (χ0v) is 12.3. The first-order valence-electron chi connectivity index (χ1n) is 7.16. The minimum atomic E-state index is -0.392. The van der Waals surface area contributed by atoms with Crippen molar-refractivity contribution in [2.75, 3.05) is 10.4 Å². The van der Waals surface area contributed by atoms with Crippen LogP contribution in [-0.4, -0.2) is 4.92 Å². The quantitative estimate of drug-likeness (QED) is 0.545. The van der Waals surface area contributed by atoms with Gasteiger partial charge < -0.3 is 0 Å². The molecule has 0 aliphatic rings. The number of nitrogens with zero attached hydrogens (tertiary/aromatic N) is 2. The van der Waals surface area contributed by atoms with Crippen LogP contribution in [0, 0.1) is 10.1 Å². The first-order chi connectivity index (χ1) is 11.3. The second-order valence-electron chi connectivity index (χ2n) is 4.89. The van der Waals surface area contributed by atoms with Crippen LogP contribution in [0.15, 0.2) is 84.9 Å². The van der Waals surface area contributed by atoms with Crippen LogP contribution in [0.4, 0.5) is 22.7 Å². The highest BCUT2D eigenvalue weighted by atomic mass is 16.6. The van der Waals surface area contributed by atoms with Crippen molar-refractivity contribution in [1.82, 2.24) is 0 Å². The Morgan fingerprint density at radius 2 is 1.22 bits per heavy atom. The fourth-order valence-corrected chi connectivity index (χ4v) is 2.28. The number of benzene rings is 3. The third-order valence-electron chi connectivity index (χ3n) is 3.36. The average Bonchev–Trinajstić information content (AvgIpc) is 2.61. The van der Waals surface area contributed by atoms with Gasteiger partial charge in [0.05, 0.1) is 16.3 Å². The molecule has 0 atom stereocenters. The summed E-state index contributed by atoms with van der Waals surface area (Å²) in [5.41, 5.74) is 5.39. The molecule has 5 nitrogen and oxygen atoms in total. The van der Waals surface area contributed by atoms with Gasteiger partial charge in [0.1, 0.15) is 5.69 Å². The Hall–Kier alpha value is -3.34. The van der Waals surface area contributed by atoms with E-state index in [4.69, 9.17) is 0 Å². The molecule has 0 aromatic heterocycles. The number of hydrogen-bond donors (Lipinski definition) is 1. The maximum Gasteiger partial charge on any atom is 0.294 e. The summed E-state index contributed by atoms with van der Waals surface area (Å²) in [7, 11) is 0. The molecule has 0 unspecified atom stereocenters. The SMILES string of the molecule is O=[N+]([O-])c1ccccc1NN(c1ccccc1)c1ccccc1. The number of rotatable bonds is 5. The minimum Gasteiger partial charge on any atom is -0.287 e. The Kier molecular flexibility index (Phi) is 4.20. The first kappa shape index (κ1) is 14.6. The Labute approximate surface area is 133 Å². The van der Waals surface area contributed by atoms with Gasteiger partial charge in [-0.05, 0) is 30.3 Å². The highest BCUT2D eigenvalue weighted by molar-refractivity contribution is 5.72. The molecular formula is C18H15N3O2. The second kappa shape index (κ2) is 6.62. The highest BCUT2D eigenvalue weighted by Crippen LogP contribution is 2.30. The van der Waals surface area contributed by atoms with E-state index in [9.17, 15) is 10.1 Å². The third kappa shape index (κ3) is 3.29. The number of nitro benzene ring substituents is 1. The van der Waals surface area contributed by atoms with Crippen LogP contribution in [0.2, 0.25) is 0 Å². The summed E-state index contributed by atoms with van der Waals surface area (Å²) in [6.07, 6.45) is 0. The van der Waals surface area contributed by atoms with Gasteiger partial charge in [-0.1, -0.05) is 48.5 Å². The molecule has 23 heavy (non-hydrogen) atoms. The standard InChI is InChI=1S/C18H15N3O2/c22-21(23)18-14-8-7-13-17(18)19-20(15-9-3-1-4-10-15)16-11-5-2-6-12-16/h1-14,19H. The van der Waals surface area contributed by atoms with E-state index in [0.29, 0.717) is 5.69 Å². The maximum atomic E-state index is 11.2. The van der Waals surface area contributed by atoms with E-state index in [1.807, 2.05) is 65.7 Å². The molecule has 5 heteroatoms. The number of anilines is 3. The molecule has 3 aromatic rings. The fraction of sp³-hybridized carbons (Fsp3) is 0. The van der Waals surface area contributed by atoms with Crippen LogP contribution in [-0.2, 0) is 0 Å². The Balaban J connectivity index is 2.02. The fourth-order valence-electron chi connectivity index (χ4n) is 2.28. The zero-order valence-electron chi connectivity index (χ0n) is 12.3. The predicted molar refractivity (Wildman–Crippen MR) is 91.7 cm³/mol. The molecule has 0 aliphatic heterocycles. The van der Waals surface area contributed by atoms with Crippen LogP contribution in [0.25, 0.3) is 0 Å². The van der Waals surface area contributed by atoms with Crippen molar-refractivity contribution in [2.24, 2.45) is 0 Å². The van der Waals surface area contributed by atoms with Crippen LogP contribution in [0.5, 0.6) is 0 Å². The maximum absolute atomic E-state index is 11.2. The van der Waals surface area contributed by atoms with Gasteiger partial charge in [-0.25, -0.2) is 0 Å². The van der Waals surface area contributed by atoms with Crippen LogP contribution in [0.1, 0.15) is 0 Å². The van der Waals surface area contributed by atoms with Crippen LogP contribution in [0.3, 0.4) is 0 Å². The summed E-state index contributed by atoms with van der Waals surface area (Å²) in [4.78, 5) is 10.8. The average molecular weight is 305 g/mol. The minimum absolute atomic E-state index is 0.0318. The van der Waals surface area contributed by atoms with Gasteiger partial charge in [0.15, 0.2) is 0 Å². The molecule has 0 heterocycles. The van der Waals surface area contributed by atoms with Crippen molar-refractivity contribution in [3.63, 3.8) is 0 Å². The van der Waals surface area contributed by atoms with Gasteiger partial charge in [0.2, 0.25) is 0 Å². The van der Waals surface area contributed by atoms with Crippen molar-refractivity contribution in [2.45, 2.75) is 0 Å². The lowest BCUT2D eigenvalue weighted by Gasteiger charge is -2.26. The van der Waals surface area contributed by atoms with Gasteiger partial charge in [0, 0.05) is 6.07 Å². The van der Waals surface area contributed by atoms with Gasteiger partial charge in [-0.3, -0.25) is 20.5 Å². The van der Waals surface area contributed by atoms with E-state index in [2.05, 4.69) is 5.43 Å². The Morgan fingerprint density at radius 1 is 0.739 bits per heavy atom. The number of hydrogen-bond acceptors (Lipinski definition) is 4. The van der Waals surface area contributed by atoms with E-state index in [1.165, 1.54) is 6.07 Å². The predicted octanol–water partition coefficient (Wildman–Crippen LogP) is 4.76. The van der Waals surface area contributed by atoms with Crippen molar-refractivity contribution in [3.8, 4) is 0 Å². The summed E-state index contributed by atoms with van der Waals surface area (Å²) in [5.74, 6) is 0. The molecule has 0 aliphatic carbocycles. The van der Waals surface area contributed by atoms with E-state index in [1.54, 1.807) is 18.2 Å². The van der Waals surface area contributed by atoms with Gasteiger partial charge >= 0.3 is 0 Å². The van der Waals surface area contributed by atoms with Crippen molar-refractivity contribution >= 4 is 22.7 Å². The van der Waals surface area contributed by atoms with E-state index < -0.39 is 4.92 Å². The lowest BCUT2D eigenvalue weighted by molar-refractivity contribution is -0.384. The summed E-state index contributed by atoms with van der Waals surface area (Å²) in [6, 6.07) is 25.9. The molecule has 0 amide bonds. The number of hydrazine groups is 1. The molecule has 0 saturated heterocycles. The van der Waals surface area contributed by atoms with Crippen molar-refractivity contribution < 1.29 is 4.92 Å². The topological polar surface area (TPSA) is 58.4 Å². The number of nitrogens with one attached hydrogen (secondary N) is 1. The molecule has 114 valence electrons. The number of para-hydroxylation sites is 4. The Morgan fingerprint density at radius 3 is 1.74 bits per heavy atom. The molecule has 1 N–H and O–H groups in total. The van der Waals surface area contributed by atoms with Gasteiger partial charge in [-0.2, -0.15) is 0 Å². The molecule has 3 rings (SSSR count). The summed E-state index contributed by atoms with van der Waals surface area (Å²) < 4.78 is 0. The van der Waals surface area contributed by atoms with Crippen LogP contribution >= 0.6 is 0 Å². The van der Waals surface area contributed by atoms with Crippen molar-refractivity contribution in [1.29, 1.82) is 0 Å². The normalized spacial score (nSPS) is 10.1. The van der Waals surface area contributed by atoms with Crippen molar-refractivity contribution in [3.05, 3.63) is 95.0 Å². The number of nitro groups is 1. The monoisotopic (exact) mass is 305 g/mol. The molecule has 0 saturated carbocycles. The molecule has 0 fully saturated rings. The summed E-state index contributed by atoms with van der Waals surface area (Å²) >= 11 is 0. The highest BCUT2D eigenvalue weighted by Gasteiger charge is 2.16. The lowest BCUT2D eigenvalue weighted by atomic mass is 10.2.